The second-order valence-corrected chi connectivity index (χ2v) is 5.70. The van der Waals surface area contributed by atoms with Gasteiger partial charge in [0.25, 0.3) is 0 Å². The summed E-state index contributed by atoms with van der Waals surface area (Å²) in [5.74, 6) is 0.446. The zero-order valence-corrected chi connectivity index (χ0v) is 11.3. The van der Waals surface area contributed by atoms with Crippen molar-refractivity contribution >= 4 is 0 Å². The van der Waals surface area contributed by atoms with Gasteiger partial charge in [-0.15, -0.1) is 0 Å². The molecule has 0 saturated carbocycles. The van der Waals surface area contributed by atoms with Gasteiger partial charge in [-0.1, -0.05) is 13.8 Å². The Bertz CT molecular complexity index is 396. The highest BCUT2D eigenvalue weighted by Gasteiger charge is 2.17. The molecule has 3 nitrogen and oxygen atoms in total. The van der Waals surface area contributed by atoms with E-state index in [4.69, 9.17) is 11.0 Å². The summed E-state index contributed by atoms with van der Waals surface area (Å²) in [6.07, 6.45) is 5.00. The minimum atomic E-state index is -0.259. The molecule has 0 aliphatic carbocycles. The van der Waals surface area contributed by atoms with Crippen molar-refractivity contribution in [2.75, 3.05) is 0 Å². The van der Waals surface area contributed by atoms with E-state index in [2.05, 4.69) is 36.7 Å². The fraction of sp³-hybridized carbons (Fsp3) is 0.643. The second-order valence-electron chi connectivity index (χ2n) is 5.70. The Hall–Kier alpha value is -1.27. The van der Waals surface area contributed by atoms with Crippen molar-refractivity contribution in [1.82, 2.24) is 4.57 Å². The van der Waals surface area contributed by atoms with Crippen LogP contribution in [0.5, 0.6) is 0 Å². The molecule has 0 saturated heterocycles. The lowest BCUT2D eigenvalue weighted by atomic mass is 9.91. The predicted molar refractivity (Wildman–Crippen MR) is 70.2 cm³/mol. The number of hydrogen-bond acceptors (Lipinski definition) is 2. The summed E-state index contributed by atoms with van der Waals surface area (Å²) in [5, 5.41) is 8.96. The number of nitrogens with two attached hydrogens (primary N) is 1. The Kier molecular flexibility index (Phi) is 4.36. The van der Waals surface area contributed by atoms with Crippen LogP contribution in [0.3, 0.4) is 0 Å². The number of aryl methyl sites for hydroxylation is 1. The number of aromatic nitrogens is 1. The molecule has 1 atom stereocenters. The van der Waals surface area contributed by atoms with Crippen LogP contribution >= 0.6 is 0 Å². The van der Waals surface area contributed by atoms with Crippen molar-refractivity contribution < 1.29 is 0 Å². The standard InChI is InChI=1S/C14H23N3/c1-11(2)13(16)12-5-7-17(9-12)8-6-14(3,4)10-15/h5,7,9,11,13H,6,8,16H2,1-4H3. The van der Waals surface area contributed by atoms with Gasteiger partial charge in [0.15, 0.2) is 0 Å². The predicted octanol–water partition coefficient (Wildman–Crippen LogP) is 3.08. The van der Waals surface area contributed by atoms with Crippen LogP contribution in [-0.2, 0) is 6.54 Å². The molecule has 0 fully saturated rings. The lowest BCUT2D eigenvalue weighted by Gasteiger charge is -2.16. The Balaban J connectivity index is 2.61. The van der Waals surface area contributed by atoms with Crippen molar-refractivity contribution in [3.8, 4) is 6.07 Å². The largest absolute Gasteiger partial charge is 0.354 e. The summed E-state index contributed by atoms with van der Waals surface area (Å²) in [6, 6.07) is 4.49. The maximum Gasteiger partial charge on any atom is 0.0684 e. The molecule has 94 valence electrons. The number of nitriles is 1. The van der Waals surface area contributed by atoms with E-state index in [0.29, 0.717) is 5.92 Å². The molecule has 0 aliphatic rings. The second kappa shape index (κ2) is 5.37. The van der Waals surface area contributed by atoms with Gasteiger partial charge in [-0.3, -0.25) is 0 Å². The average molecular weight is 233 g/mol. The summed E-state index contributed by atoms with van der Waals surface area (Å²) in [5.41, 5.74) is 7.01. The Morgan fingerprint density at radius 1 is 1.47 bits per heavy atom. The monoisotopic (exact) mass is 233 g/mol. The zero-order chi connectivity index (χ0) is 13.1. The molecule has 3 heteroatoms. The fourth-order valence-electron chi connectivity index (χ4n) is 1.65. The Labute approximate surface area is 104 Å². The summed E-state index contributed by atoms with van der Waals surface area (Å²) >= 11 is 0. The van der Waals surface area contributed by atoms with Gasteiger partial charge in [0.05, 0.1) is 11.5 Å². The maximum atomic E-state index is 8.96. The summed E-state index contributed by atoms with van der Waals surface area (Å²) < 4.78 is 2.12. The molecule has 0 amide bonds. The third kappa shape index (κ3) is 3.90. The highest BCUT2D eigenvalue weighted by atomic mass is 14.9. The van der Waals surface area contributed by atoms with E-state index in [1.807, 2.05) is 20.0 Å². The highest BCUT2D eigenvalue weighted by molar-refractivity contribution is 5.15. The molecule has 1 aromatic rings. The van der Waals surface area contributed by atoms with E-state index >= 15 is 0 Å². The molecule has 1 heterocycles. The Morgan fingerprint density at radius 2 is 2.12 bits per heavy atom. The van der Waals surface area contributed by atoms with Crippen molar-refractivity contribution in [3.05, 3.63) is 24.0 Å². The van der Waals surface area contributed by atoms with Crippen LogP contribution in [0.15, 0.2) is 18.5 Å². The molecule has 1 unspecified atom stereocenters. The molecule has 1 aromatic heterocycles. The molecule has 0 aliphatic heterocycles. The minimum Gasteiger partial charge on any atom is -0.354 e. The molecule has 1 rings (SSSR count). The zero-order valence-electron chi connectivity index (χ0n) is 11.3. The lowest BCUT2D eigenvalue weighted by molar-refractivity contribution is 0.413. The molecule has 0 bridgehead atoms. The van der Waals surface area contributed by atoms with Gasteiger partial charge < -0.3 is 10.3 Å². The van der Waals surface area contributed by atoms with Crippen molar-refractivity contribution in [2.45, 2.75) is 46.7 Å². The van der Waals surface area contributed by atoms with Gasteiger partial charge in [0.1, 0.15) is 0 Å². The van der Waals surface area contributed by atoms with Gasteiger partial charge in [-0.05, 0) is 37.8 Å². The number of rotatable bonds is 5. The van der Waals surface area contributed by atoms with E-state index in [-0.39, 0.29) is 11.5 Å². The third-order valence-electron chi connectivity index (χ3n) is 3.17. The first-order valence-electron chi connectivity index (χ1n) is 6.18. The summed E-state index contributed by atoms with van der Waals surface area (Å²) in [6.45, 7) is 9.06. The lowest BCUT2D eigenvalue weighted by Crippen LogP contribution is -2.16. The smallest absolute Gasteiger partial charge is 0.0684 e. The maximum absolute atomic E-state index is 8.96. The first-order chi connectivity index (χ1) is 7.85. The number of hydrogen-bond donors (Lipinski definition) is 1. The third-order valence-corrected chi connectivity index (χ3v) is 3.17. The normalized spacial score (nSPS) is 13.7. The van der Waals surface area contributed by atoms with Crippen LogP contribution < -0.4 is 5.73 Å². The van der Waals surface area contributed by atoms with Gasteiger partial charge >= 0.3 is 0 Å². The van der Waals surface area contributed by atoms with E-state index < -0.39 is 0 Å². The van der Waals surface area contributed by atoms with Crippen LogP contribution in [0.25, 0.3) is 0 Å². The van der Waals surface area contributed by atoms with Crippen LogP contribution in [0.1, 0.15) is 45.7 Å². The molecular weight excluding hydrogens is 210 g/mol. The van der Waals surface area contributed by atoms with Crippen molar-refractivity contribution in [1.29, 1.82) is 5.26 Å². The first-order valence-corrected chi connectivity index (χ1v) is 6.18. The van der Waals surface area contributed by atoms with E-state index in [0.717, 1.165) is 13.0 Å². The average Bonchev–Trinajstić information content (AvgIpc) is 2.74. The Morgan fingerprint density at radius 3 is 2.65 bits per heavy atom. The van der Waals surface area contributed by atoms with Crippen LogP contribution in [-0.4, -0.2) is 4.57 Å². The van der Waals surface area contributed by atoms with Gasteiger partial charge in [-0.25, -0.2) is 0 Å². The van der Waals surface area contributed by atoms with Crippen molar-refractivity contribution in [2.24, 2.45) is 17.1 Å². The first kappa shape index (κ1) is 13.8. The van der Waals surface area contributed by atoms with Crippen LogP contribution in [0, 0.1) is 22.7 Å². The molecule has 0 radical (unpaired) electrons. The topological polar surface area (TPSA) is 54.7 Å². The number of nitrogens with zero attached hydrogens (tertiary/aromatic N) is 2. The fourth-order valence-corrected chi connectivity index (χ4v) is 1.65. The molecule has 0 aromatic carbocycles. The summed E-state index contributed by atoms with van der Waals surface area (Å²) in [4.78, 5) is 0. The van der Waals surface area contributed by atoms with Gasteiger partial charge in [-0.2, -0.15) is 5.26 Å². The van der Waals surface area contributed by atoms with Crippen LogP contribution in [0.4, 0.5) is 0 Å². The van der Waals surface area contributed by atoms with E-state index in [1.165, 1.54) is 5.56 Å². The molecule has 2 N–H and O–H groups in total. The SMILES string of the molecule is CC(C)C(N)c1ccn(CCC(C)(C)C#N)c1. The molecular formula is C14H23N3. The van der Waals surface area contributed by atoms with E-state index in [9.17, 15) is 0 Å². The van der Waals surface area contributed by atoms with Crippen LogP contribution in [0.2, 0.25) is 0 Å². The highest BCUT2D eigenvalue weighted by Crippen LogP contribution is 2.22. The van der Waals surface area contributed by atoms with Gasteiger partial charge in [0, 0.05) is 25.0 Å². The summed E-state index contributed by atoms with van der Waals surface area (Å²) in [7, 11) is 0. The molecule has 0 spiro atoms. The minimum absolute atomic E-state index is 0.0974. The quantitative estimate of drug-likeness (QED) is 0.849. The van der Waals surface area contributed by atoms with E-state index in [1.54, 1.807) is 0 Å². The van der Waals surface area contributed by atoms with Crippen molar-refractivity contribution in [3.63, 3.8) is 0 Å². The molecule has 17 heavy (non-hydrogen) atoms. The van der Waals surface area contributed by atoms with Gasteiger partial charge in [0.2, 0.25) is 0 Å².